The Morgan fingerprint density at radius 2 is 2.13 bits per heavy atom. The van der Waals surface area contributed by atoms with E-state index in [1.165, 1.54) is 6.42 Å². The highest BCUT2D eigenvalue weighted by Crippen LogP contribution is 2.24. The number of hydrogen-bond acceptors (Lipinski definition) is 4. The lowest BCUT2D eigenvalue weighted by Crippen LogP contribution is -2.52. The molecule has 0 bridgehead atoms. The third-order valence-electron chi connectivity index (χ3n) is 3.69. The SMILES string of the molecule is NCC1CCN1CCC1CCS(=O)(=O)C1. The van der Waals surface area contributed by atoms with Crippen molar-refractivity contribution in [1.82, 2.24) is 4.90 Å². The van der Waals surface area contributed by atoms with Gasteiger partial charge in [-0.25, -0.2) is 8.42 Å². The van der Waals surface area contributed by atoms with Gasteiger partial charge < -0.3 is 5.73 Å². The molecule has 2 fully saturated rings. The summed E-state index contributed by atoms with van der Waals surface area (Å²) in [7, 11) is -2.69. The van der Waals surface area contributed by atoms with Crippen molar-refractivity contribution in [2.75, 3.05) is 31.1 Å². The van der Waals surface area contributed by atoms with Crippen molar-refractivity contribution in [2.45, 2.75) is 25.3 Å². The molecule has 15 heavy (non-hydrogen) atoms. The molecule has 0 amide bonds. The van der Waals surface area contributed by atoms with Crippen LogP contribution in [0.1, 0.15) is 19.3 Å². The first-order chi connectivity index (χ1) is 7.11. The zero-order valence-corrected chi connectivity index (χ0v) is 9.88. The zero-order valence-electron chi connectivity index (χ0n) is 9.06. The van der Waals surface area contributed by atoms with Crippen LogP contribution in [0.4, 0.5) is 0 Å². The minimum Gasteiger partial charge on any atom is -0.329 e. The lowest BCUT2D eigenvalue weighted by atomic mass is 9.99. The summed E-state index contributed by atoms with van der Waals surface area (Å²) < 4.78 is 22.5. The van der Waals surface area contributed by atoms with E-state index in [2.05, 4.69) is 4.90 Å². The highest BCUT2D eigenvalue weighted by molar-refractivity contribution is 7.91. The molecule has 88 valence electrons. The van der Waals surface area contributed by atoms with E-state index in [-0.39, 0.29) is 0 Å². The highest BCUT2D eigenvalue weighted by Gasteiger charge is 2.30. The summed E-state index contributed by atoms with van der Waals surface area (Å²) in [6.07, 6.45) is 3.10. The van der Waals surface area contributed by atoms with Gasteiger partial charge in [-0.2, -0.15) is 0 Å². The standard InChI is InChI=1S/C10H20N2O2S/c11-7-10-2-5-12(10)4-1-9-3-6-15(13,14)8-9/h9-10H,1-8,11H2. The molecule has 0 aromatic rings. The molecule has 2 atom stereocenters. The minimum absolute atomic E-state index is 0.397. The van der Waals surface area contributed by atoms with Gasteiger partial charge in [-0.05, 0) is 31.7 Å². The average molecular weight is 232 g/mol. The number of nitrogens with zero attached hydrogens (tertiary/aromatic N) is 1. The Hall–Kier alpha value is -0.130. The topological polar surface area (TPSA) is 63.4 Å². The van der Waals surface area contributed by atoms with Crippen LogP contribution in [-0.2, 0) is 9.84 Å². The molecule has 0 aromatic carbocycles. The van der Waals surface area contributed by atoms with E-state index in [0.717, 1.165) is 32.5 Å². The second-order valence-corrected chi connectivity index (χ2v) is 7.00. The first-order valence-electron chi connectivity index (χ1n) is 5.75. The Morgan fingerprint density at radius 1 is 1.33 bits per heavy atom. The summed E-state index contributed by atoms with van der Waals surface area (Å²) in [6.45, 7) is 2.91. The molecule has 2 N–H and O–H groups in total. The van der Waals surface area contributed by atoms with Crippen molar-refractivity contribution >= 4 is 9.84 Å². The van der Waals surface area contributed by atoms with E-state index in [4.69, 9.17) is 5.73 Å². The summed E-state index contributed by atoms with van der Waals surface area (Å²) in [5.74, 6) is 1.21. The van der Waals surface area contributed by atoms with Crippen molar-refractivity contribution in [1.29, 1.82) is 0 Å². The van der Waals surface area contributed by atoms with Gasteiger partial charge in [0.15, 0.2) is 9.84 Å². The van der Waals surface area contributed by atoms with Crippen molar-refractivity contribution in [2.24, 2.45) is 11.7 Å². The Balaban J connectivity index is 1.71. The lowest BCUT2D eigenvalue weighted by Gasteiger charge is -2.40. The Kier molecular flexibility index (Phi) is 3.33. The van der Waals surface area contributed by atoms with E-state index >= 15 is 0 Å². The van der Waals surface area contributed by atoms with Crippen LogP contribution in [0.3, 0.4) is 0 Å². The molecule has 2 saturated heterocycles. The van der Waals surface area contributed by atoms with Crippen molar-refractivity contribution in [3.05, 3.63) is 0 Å². The van der Waals surface area contributed by atoms with Gasteiger partial charge in [0, 0.05) is 19.1 Å². The summed E-state index contributed by atoms with van der Waals surface area (Å²) in [5, 5.41) is 0. The molecule has 0 radical (unpaired) electrons. The number of nitrogens with two attached hydrogens (primary N) is 1. The molecule has 0 aliphatic carbocycles. The average Bonchev–Trinajstić information content (AvgIpc) is 2.45. The van der Waals surface area contributed by atoms with E-state index in [9.17, 15) is 8.42 Å². The Morgan fingerprint density at radius 3 is 2.60 bits per heavy atom. The molecule has 2 unspecified atom stereocenters. The maximum atomic E-state index is 11.3. The fraction of sp³-hybridized carbons (Fsp3) is 1.00. The zero-order chi connectivity index (χ0) is 10.9. The van der Waals surface area contributed by atoms with E-state index in [0.29, 0.717) is 23.5 Å². The molecule has 4 nitrogen and oxygen atoms in total. The Labute approximate surface area is 91.7 Å². The molecular formula is C10H20N2O2S. The first kappa shape index (κ1) is 11.4. The largest absolute Gasteiger partial charge is 0.329 e. The van der Waals surface area contributed by atoms with E-state index in [1.807, 2.05) is 0 Å². The van der Waals surface area contributed by atoms with Gasteiger partial charge in [0.1, 0.15) is 0 Å². The van der Waals surface area contributed by atoms with Gasteiger partial charge in [-0.1, -0.05) is 0 Å². The van der Waals surface area contributed by atoms with Gasteiger partial charge in [0.2, 0.25) is 0 Å². The lowest BCUT2D eigenvalue weighted by molar-refractivity contribution is 0.0905. The maximum Gasteiger partial charge on any atom is 0.150 e. The second-order valence-electron chi connectivity index (χ2n) is 4.77. The van der Waals surface area contributed by atoms with Crippen LogP contribution in [0, 0.1) is 5.92 Å². The summed E-state index contributed by atoms with van der Waals surface area (Å²) >= 11 is 0. The van der Waals surface area contributed by atoms with Crippen molar-refractivity contribution < 1.29 is 8.42 Å². The van der Waals surface area contributed by atoms with Gasteiger partial charge in [-0.3, -0.25) is 4.90 Å². The third-order valence-corrected chi connectivity index (χ3v) is 5.53. The number of sulfone groups is 1. The third kappa shape index (κ3) is 2.71. The van der Waals surface area contributed by atoms with E-state index in [1.54, 1.807) is 0 Å². The van der Waals surface area contributed by atoms with Crippen LogP contribution < -0.4 is 5.73 Å². The van der Waals surface area contributed by atoms with Gasteiger partial charge in [-0.15, -0.1) is 0 Å². The van der Waals surface area contributed by atoms with Crippen LogP contribution in [0.2, 0.25) is 0 Å². The monoisotopic (exact) mass is 232 g/mol. The van der Waals surface area contributed by atoms with Gasteiger partial charge in [0.25, 0.3) is 0 Å². The van der Waals surface area contributed by atoms with Crippen LogP contribution >= 0.6 is 0 Å². The molecule has 2 heterocycles. The predicted octanol–water partition coefficient (Wildman–Crippen LogP) is -0.156. The van der Waals surface area contributed by atoms with Crippen LogP contribution in [0.15, 0.2) is 0 Å². The molecule has 0 aromatic heterocycles. The van der Waals surface area contributed by atoms with Crippen LogP contribution in [-0.4, -0.2) is 50.5 Å². The van der Waals surface area contributed by atoms with E-state index < -0.39 is 9.84 Å². The summed E-state index contributed by atoms with van der Waals surface area (Å²) in [5.41, 5.74) is 5.61. The normalized spacial score (nSPS) is 35.3. The highest BCUT2D eigenvalue weighted by atomic mass is 32.2. The molecule has 2 aliphatic rings. The number of likely N-dealkylation sites (tertiary alicyclic amines) is 1. The molecule has 2 rings (SSSR count). The van der Waals surface area contributed by atoms with Gasteiger partial charge >= 0.3 is 0 Å². The van der Waals surface area contributed by atoms with Crippen LogP contribution in [0.25, 0.3) is 0 Å². The molecular weight excluding hydrogens is 212 g/mol. The molecule has 5 heteroatoms. The predicted molar refractivity (Wildman–Crippen MR) is 60.4 cm³/mol. The Bertz CT molecular complexity index is 313. The molecule has 0 saturated carbocycles. The quantitative estimate of drug-likeness (QED) is 0.732. The van der Waals surface area contributed by atoms with Crippen molar-refractivity contribution in [3.63, 3.8) is 0 Å². The molecule has 2 aliphatic heterocycles. The summed E-state index contributed by atoms with van der Waals surface area (Å²) in [4.78, 5) is 2.38. The van der Waals surface area contributed by atoms with Crippen molar-refractivity contribution in [3.8, 4) is 0 Å². The number of hydrogen-bond donors (Lipinski definition) is 1. The smallest absolute Gasteiger partial charge is 0.150 e. The minimum atomic E-state index is -2.69. The fourth-order valence-corrected chi connectivity index (χ4v) is 4.41. The fourth-order valence-electron chi connectivity index (χ4n) is 2.50. The summed E-state index contributed by atoms with van der Waals surface area (Å²) in [6, 6.07) is 0.558. The number of rotatable bonds is 4. The maximum absolute atomic E-state index is 11.3. The van der Waals surface area contributed by atoms with Gasteiger partial charge in [0.05, 0.1) is 11.5 Å². The second kappa shape index (κ2) is 4.39. The van der Waals surface area contributed by atoms with Crippen LogP contribution in [0.5, 0.6) is 0 Å². The first-order valence-corrected chi connectivity index (χ1v) is 7.57. The molecule has 0 spiro atoms.